The van der Waals surface area contributed by atoms with E-state index >= 15 is 0 Å². The number of imidazole rings is 1. The zero-order chi connectivity index (χ0) is 25.6. The van der Waals surface area contributed by atoms with Gasteiger partial charge in [-0.15, -0.1) is 0 Å². The minimum atomic E-state index is -4.53. The maximum atomic E-state index is 12.9. The van der Waals surface area contributed by atoms with Gasteiger partial charge in [-0.3, -0.25) is 19.3 Å². The first kappa shape index (κ1) is 26.5. The Morgan fingerprint density at radius 1 is 1.18 bits per heavy atom. The van der Waals surface area contributed by atoms with Gasteiger partial charge in [0.25, 0.3) is 5.56 Å². The highest BCUT2D eigenvalue weighted by atomic mass is 31.2. The zero-order valence-corrected chi connectivity index (χ0v) is 20.3. The van der Waals surface area contributed by atoms with Gasteiger partial charge in [0.2, 0.25) is 5.95 Å². The van der Waals surface area contributed by atoms with Crippen molar-refractivity contribution in [2.24, 2.45) is 0 Å². The molecule has 1 fully saturated rings. The van der Waals surface area contributed by atoms with E-state index in [1.54, 1.807) is 20.8 Å². The lowest BCUT2D eigenvalue weighted by molar-refractivity contribution is -0.0705. The molecule has 2 aromatic rings. The fourth-order valence-electron chi connectivity index (χ4n) is 4.08. The summed E-state index contributed by atoms with van der Waals surface area (Å²) in [6.45, 7) is 6.34. The molecule has 0 aromatic carbocycles. The van der Waals surface area contributed by atoms with Crippen LogP contribution in [0, 0.1) is 0 Å². The van der Waals surface area contributed by atoms with Crippen LogP contribution >= 0.6 is 7.60 Å². The van der Waals surface area contributed by atoms with Gasteiger partial charge in [-0.1, -0.05) is 20.8 Å². The monoisotopic (exact) mass is 505 g/mol. The van der Waals surface area contributed by atoms with Crippen molar-refractivity contribution < 1.29 is 34.0 Å². The number of hydrogen-bond acceptors (Lipinski definition) is 10. The van der Waals surface area contributed by atoms with E-state index in [-0.39, 0.29) is 42.8 Å². The number of nitrogens with zero attached hydrogens (tertiary/aromatic N) is 2. The van der Waals surface area contributed by atoms with Crippen LogP contribution in [0.5, 0.6) is 0 Å². The number of aliphatic hydroxyl groups excluding tert-OH is 2. The van der Waals surface area contributed by atoms with Crippen LogP contribution in [0.3, 0.4) is 0 Å². The summed E-state index contributed by atoms with van der Waals surface area (Å²) >= 11 is 0. The summed E-state index contributed by atoms with van der Waals surface area (Å²) < 4.78 is 25.1. The molecule has 15 heteroatoms. The van der Waals surface area contributed by atoms with Gasteiger partial charge in [-0.25, -0.2) is 9.36 Å². The Labute approximate surface area is 194 Å². The Bertz CT molecular complexity index is 1200. The van der Waals surface area contributed by atoms with Crippen molar-refractivity contribution in [1.29, 1.82) is 0 Å². The van der Waals surface area contributed by atoms with Crippen molar-refractivity contribution in [2.45, 2.75) is 88.9 Å². The third kappa shape index (κ3) is 4.47. The van der Waals surface area contributed by atoms with Crippen molar-refractivity contribution in [3.8, 4) is 0 Å². The number of anilines is 1. The molecule has 2 unspecified atom stereocenters. The van der Waals surface area contributed by atoms with Crippen molar-refractivity contribution in [2.75, 3.05) is 5.73 Å². The third-order valence-corrected chi connectivity index (χ3v) is 8.95. The lowest BCUT2D eigenvalue weighted by Gasteiger charge is -2.38. The third-order valence-electron chi connectivity index (χ3n) is 6.57. The quantitative estimate of drug-likeness (QED) is 0.222. The first-order valence-electron chi connectivity index (χ1n) is 11.0. The van der Waals surface area contributed by atoms with E-state index in [0.717, 1.165) is 4.57 Å². The highest BCUT2D eigenvalue weighted by Gasteiger charge is 2.52. The zero-order valence-electron chi connectivity index (χ0n) is 19.4. The summed E-state index contributed by atoms with van der Waals surface area (Å²) in [5.74, 6) is -0.264. The number of H-pyrrole nitrogens is 2. The van der Waals surface area contributed by atoms with Crippen LogP contribution in [0.1, 0.15) is 59.6 Å². The molecule has 0 aliphatic carbocycles. The maximum absolute atomic E-state index is 12.9. The second kappa shape index (κ2) is 9.19. The van der Waals surface area contributed by atoms with Gasteiger partial charge in [0.05, 0.1) is 11.7 Å². The highest BCUT2D eigenvalue weighted by Crippen LogP contribution is 2.60. The molecule has 1 aliphatic rings. The molecule has 1 aliphatic heterocycles. The number of nitrogen functional groups attached to an aromatic ring is 1. The summed E-state index contributed by atoms with van der Waals surface area (Å²) in [7, 11) is -4.53. The van der Waals surface area contributed by atoms with Gasteiger partial charge >= 0.3 is 13.3 Å². The average molecular weight is 505 g/mol. The van der Waals surface area contributed by atoms with E-state index in [4.69, 9.17) is 15.0 Å². The van der Waals surface area contributed by atoms with Crippen LogP contribution in [-0.4, -0.2) is 69.0 Å². The summed E-state index contributed by atoms with van der Waals surface area (Å²) in [6, 6.07) is 0. The first-order valence-corrected chi connectivity index (χ1v) is 12.6. The first-order chi connectivity index (χ1) is 15.7. The summed E-state index contributed by atoms with van der Waals surface area (Å²) in [5.41, 5.74) is 2.36. The molecule has 3 rings (SSSR count). The topological polar surface area (TPSA) is 226 Å². The van der Waals surface area contributed by atoms with Crippen LogP contribution in [0.4, 0.5) is 5.95 Å². The molecule has 0 saturated carbocycles. The Morgan fingerprint density at radius 3 is 2.35 bits per heavy atom. The predicted molar refractivity (Wildman–Crippen MR) is 121 cm³/mol. The van der Waals surface area contributed by atoms with Gasteiger partial charge in [0.15, 0.2) is 22.7 Å². The average Bonchev–Trinajstić information content (AvgIpc) is 3.23. The number of hydrogen-bond donors (Lipinski definition) is 7. The Balaban J connectivity index is 1.91. The van der Waals surface area contributed by atoms with E-state index in [0.29, 0.717) is 0 Å². The molecular formula is C19H32N5O9P. The van der Waals surface area contributed by atoms with Crippen LogP contribution in [0.15, 0.2) is 9.59 Å². The summed E-state index contributed by atoms with van der Waals surface area (Å²) in [5, 5.41) is 29.9. The molecule has 1 saturated heterocycles. The van der Waals surface area contributed by atoms with E-state index < -0.39 is 54.3 Å². The molecule has 8 N–H and O–H groups in total. The Kier molecular flexibility index (Phi) is 7.17. The predicted octanol–water partition coefficient (Wildman–Crippen LogP) is -0.116. The van der Waals surface area contributed by atoms with E-state index in [1.807, 2.05) is 0 Å². The van der Waals surface area contributed by atoms with E-state index in [2.05, 4.69) is 15.0 Å². The van der Waals surface area contributed by atoms with Crippen LogP contribution in [0.25, 0.3) is 11.2 Å². The van der Waals surface area contributed by atoms with Crippen molar-refractivity contribution in [3.05, 3.63) is 20.8 Å². The standard InChI is InChI=1S/C19H32N5O9P/c1-5-18(4,33-34(30,31)19(29,6-2)7-3)8-9-11(25)12(26)15(32-9)24-13-10(21-17(24)28)14(27)23-16(20)22-13/h9,11-12,15,25-26,29H,5-8H2,1-4H3,(H,21,28)(H,30,31)(H3,20,22,23,27)/t9-,11-,12-,15-,18?/m1/s1. The largest absolute Gasteiger partial charge is 0.388 e. The number of rotatable bonds is 9. The van der Waals surface area contributed by atoms with Crippen LogP contribution < -0.4 is 17.0 Å². The fraction of sp³-hybridized carbons (Fsp3) is 0.737. The molecule has 34 heavy (non-hydrogen) atoms. The van der Waals surface area contributed by atoms with Gasteiger partial charge in [0.1, 0.15) is 12.2 Å². The second-order valence-electron chi connectivity index (χ2n) is 8.81. The summed E-state index contributed by atoms with van der Waals surface area (Å²) in [6.07, 6.45) is -5.65. The molecular weight excluding hydrogens is 473 g/mol. The smallest absolute Gasteiger partial charge is 0.359 e. The molecule has 0 bridgehead atoms. The molecule has 0 spiro atoms. The van der Waals surface area contributed by atoms with Crippen LogP contribution in [0.2, 0.25) is 0 Å². The number of aliphatic hydroxyl groups is 3. The van der Waals surface area contributed by atoms with Gasteiger partial charge in [-0.05, 0) is 26.2 Å². The number of aromatic nitrogens is 4. The fourth-order valence-corrected chi connectivity index (χ4v) is 5.85. The number of ether oxygens (including phenoxy) is 1. The molecule has 3 heterocycles. The molecule has 14 nitrogen and oxygen atoms in total. The maximum Gasteiger partial charge on any atom is 0.359 e. The van der Waals surface area contributed by atoms with Crippen molar-refractivity contribution in [1.82, 2.24) is 19.5 Å². The number of aromatic amines is 2. The van der Waals surface area contributed by atoms with E-state index in [9.17, 15) is 34.4 Å². The Morgan fingerprint density at radius 2 is 1.79 bits per heavy atom. The number of nitrogens with one attached hydrogen (secondary N) is 2. The summed E-state index contributed by atoms with van der Waals surface area (Å²) in [4.78, 5) is 43.6. The number of nitrogens with two attached hydrogens (primary N) is 1. The number of fused-ring (bicyclic) bond motifs is 1. The Hall–Kier alpha value is -2.06. The molecule has 6 atom stereocenters. The van der Waals surface area contributed by atoms with Gasteiger partial charge < -0.3 is 35.2 Å². The van der Waals surface area contributed by atoms with Crippen molar-refractivity contribution in [3.63, 3.8) is 0 Å². The lowest BCUT2D eigenvalue weighted by atomic mass is 9.93. The molecule has 0 amide bonds. The van der Waals surface area contributed by atoms with Crippen molar-refractivity contribution >= 4 is 24.7 Å². The normalized spacial score (nSPS) is 27.1. The lowest BCUT2D eigenvalue weighted by Crippen LogP contribution is -2.40. The van der Waals surface area contributed by atoms with E-state index in [1.165, 1.54) is 6.92 Å². The van der Waals surface area contributed by atoms with Gasteiger partial charge in [0, 0.05) is 6.42 Å². The molecule has 192 valence electrons. The highest BCUT2D eigenvalue weighted by molar-refractivity contribution is 7.54. The second-order valence-corrected chi connectivity index (χ2v) is 10.9. The minimum Gasteiger partial charge on any atom is -0.388 e. The SMILES string of the molecule is CCC(C)(C[C@H]1O[C@@H](n2c(=O)[nH]c3c(=O)[nH]c(N)nc32)[C@H](O)[C@@H]1O)OP(=O)(O)C(O)(CC)CC. The molecule has 0 radical (unpaired) electrons. The minimum absolute atomic E-state index is 0.0147. The van der Waals surface area contributed by atoms with Crippen LogP contribution in [-0.2, 0) is 13.8 Å². The molecule has 2 aromatic heterocycles. The van der Waals surface area contributed by atoms with Gasteiger partial charge in [-0.2, -0.15) is 4.98 Å².